The highest BCUT2D eigenvalue weighted by Crippen LogP contribution is 2.46. The Morgan fingerprint density at radius 2 is 1.62 bits per heavy atom. The largest absolute Gasteiger partial charge is 0.494 e. The van der Waals surface area contributed by atoms with Crippen LogP contribution in [0.4, 0.5) is 17.1 Å². The molecule has 2 N–H and O–H groups in total. The Balaban J connectivity index is 3.69. The molecule has 0 saturated carbocycles. The Morgan fingerprint density at radius 1 is 1.10 bits per heavy atom. The summed E-state index contributed by atoms with van der Waals surface area (Å²) < 4.78 is 10.0. The van der Waals surface area contributed by atoms with Crippen LogP contribution in [-0.4, -0.2) is 31.0 Å². The van der Waals surface area contributed by atoms with E-state index in [9.17, 15) is 19.7 Å². The third-order valence-corrected chi connectivity index (χ3v) is 2.45. The Kier molecular flexibility index (Phi) is 5.06. The van der Waals surface area contributed by atoms with Gasteiger partial charge in [-0.3, -0.25) is 19.7 Å². The molecule has 0 heterocycles. The first-order valence-corrected chi connectivity index (χ1v) is 5.80. The molecule has 1 rings (SSSR count). The van der Waals surface area contributed by atoms with Crippen molar-refractivity contribution in [1.29, 1.82) is 0 Å². The maximum atomic E-state index is 11.3. The number of amides is 2. The number of carbonyl (C=O) groups excluding carboxylic acids is 2. The molecule has 0 aromatic heterocycles. The number of methoxy groups -OCH3 is 2. The molecule has 2 amide bonds. The topological polar surface area (TPSA) is 120 Å². The van der Waals surface area contributed by atoms with Crippen LogP contribution in [0.3, 0.4) is 0 Å². The van der Waals surface area contributed by atoms with Gasteiger partial charge in [0.1, 0.15) is 11.4 Å². The second-order valence-corrected chi connectivity index (χ2v) is 4.00. The van der Waals surface area contributed by atoms with E-state index in [0.717, 1.165) is 6.07 Å². The Bertz CT molecular complexity index is 599. The van der Waals surface area contributed by atoms with Gasteiger partial charge in [-0.15, -0.1) is 0 Å². The number of hydrogen-bond donors (Lipinski definition) is 2. The number of nitro groups is 1. The molecule has 0 unspecified atom stereocenters. The van der Waals surface area contributed by atoms with Crippen LogP contribution < -0.4 is 20.1 Å². The maximum Gasteiger partial charge on any atom is 0.317 e. The summed E-state index contributed by atoms with van der Waals surface area (Å²) in [5.41, 5.74) is -0.346. The summed E-state index contributed by atoms with van der Waals surface area (Å²) in [6, 6.07) is 1.11. The summed E-state index contributed by atoms with van der Waals surface area (Å²) in [5, 5.41) is 16.0. The molecular weight excluding hydrogens is 282 g/mol. The Hall–Kier alpha value is -2.84. The van der Waals surface area contributed by atoms with Gasteiger partial charge in [-0.25, -0.2) is 0 Å². The van der Waals surface area contributed by atoms with Gasteiger partial charge in [0, 0.05) is 13.8 Å². The number of nitrogens with zero attached hydrogens (tertiary/aromatic N) is 1. The van der Waals surface area contributed by atoms with Crippen LogP contribution in [0.1, 0.15) is 13.8 Å². The van der Waals surface area contributed by atoms with E-state index in [4.69, 9.17) is 9.47 Å². The van der Waals surface area contributed by atoms with Gasteiger partial charge in [-0.05, 0) is 0 Å². The van der Waals surface area contributed by atoms with Crippen molar-refractivity contribution in [2.75, 3.05) is 24.9 Å². The number of ether oxygens (including phenoxy) is 2. The quantitative estimate of drug-likeness (QED) is 0.628. The van der Waals surface area contributed by atoms with E-state index in [1.807, 2.05) is 0 Å². The number of hydrogen-bond acceptors (Lipinski definition) is 6. The molecule has 0 spiro atoms. The van der Waals surface area contributed by atoms with Crippen LogP contribution in [0.2, 0.25) is 0 Å². The van der Waals surface area contributed by atoms with Crippen LogP contribution in [0.5, 0.6) is 11.5 Å². The minimum atomic E-state index is -0.676. The molecular formula is C12H15N3O6. The summed E-state index contributed by atoms with van der Waals surface area (Å²) in [4.78, 5) is 33.0. The molecule has 0 aliphatic rings. The molecule has 0 atom stereocenters. The molecule has 21 heavy (non-hydrogen) atoms. The number of nitrogens with one attached hydrogen (secondary N) is 2. The van der Waals surface area contributed by atoms with Crippen molar-refractivity contribution < 1.29 is 24.0 Å². The second-order valence-electron chi connectivity index (χ2n) is 4.00. The van der Waals surface area contributed by atoms with Crippen molar-refractivity contribution in [1.82, 2.24) is 0 Å². The molecule has 114 valence electrons. The van der Waals surface area contributed by atoms with Gasteiger partial charge in [-0.2, -0.15) is 0 Å². The normalized spacial score (nSPS) is 9.71. The zero-order valence-electron chi connectivity index (χ0n) is 12.0. The van der Waals surface area contributed by atoms with Crippen LogP contribution in [-0.2, 0) is 9.59 Å². The SMILES string of the molecule is COc1cc([N+](=O)[O-])c(OC)c(NC(C)=O)c1NC(C)=O. The average molecular weight is 297 g/mol. The van der Waals surface area contributed by atoms with Gasteiger partial charge in [-0.1, -0.05) is 0 Å². The standard InChI is InChI=1S/C12H15N3O6/c1-6(16)13-10-9(20-3)5-8(15(18)19)12(21-4)11(10)14-7(2)17/h5H,1-4H3,(H,13,16)(H,14,17). The van der Waals surface area contributed by atoms with E-state index in [0.29, 0.717) is 0 Å². The molecule has 1 aromatic carbocycles. The lowest BCUT2D eigenvalue weighted by Crippen LogP contribution is -2.15. The summed E-state index contributed by atoms with van der Waals surface area (Å²) in [6.45, 7) is 2.48. The van der Waals surface area contributed by atoms with E-state index in [2.05, 4.69) is 10.6 Å². The first-order valence-electron chi connectivity index (χ1n) is 5.80. The zero-order valence-corrected chi connectivity index (χ0v) is 12.0. The monoisotopic (exact) mass is 297 g/mol. The average Bonchev–Trinajstić information content (AvgIpc) is 2.38. The smallest absolute Gasteiger partial charge is 0.317 e. The lowest BCUT2D eigenvalue weighted by molar-refractivity contribution is -0.385. The van der Waals surface area contributed by atoms with Crippen LogP contribution >= 0.6 is 0 Å². The number of rotatable bonds is 5. The van der Waals surface area contributed by atoms with E-state index < -0.39 is 22.4 Å². The first kappa shape index (κ1) is 16.2. The molecule has 0 aliphatic carbocycles. The summed E-state index contributed by atoms with van der Waals surface area (Å²) >= 11 is 0. The molecule has 0 radical (unpaired) electrons. The Labute approximate surface area is 120 Å². The minimum Gasteiger partial charge on any atom is -0.494 e. The van der Waals surface area contributed by atoms with Crippen molar-refractivity contribution in [2.24, 2.45) is 0 Å². The van der Waals surface area contributed by atoms with Crippen LogP contribution in [0.15, 0.2) is 6.07 Å². The summed E-state index contributed by atoms with van der Waals surface area (Å²) in [5.74, 6) is -1.07. The fourth-order valence-corrected chi connectivity index (χ4v) is 1.73. The summed E-state index contributed by atoms with van der Waals surface area (Å²) in [6.07, 6.45) is 0. The second kappa shape index (κ2) is 6.55. The molecule has 0 saturated heterocycles. The van der Waals surface area contributed by atoms with Crippen molar-refractivity contribution in [3.63, 3.8) is 0 Å². The van der Waals surface area contributed by atoms with Crippen molar-refractivity contribution in [3.8, 4) is 11.5 Å². The van der Waals surface area contributed by atoms with E-state index in [1.54, 1.807) is 0 Å². The number of benzene rings is 1. The van der Waals surface area contributed by atoms with Gasteiger partial charge < -0.3 is 20.1 Å². The fourth-order valence-electron chi connectivity index (χ4n) is 1.73. The lowest BCUT2D eigenvalue weighted by atomic mass is 10.2. The van der Waals surface area contributed by atoms with E-state index in [1.165, 1.54) is 28.1 Å². The van der Waals surface area contributed by atoms with Gasteiger partial charge in [0.2, 0.25) is 17.6 Å². The first-order chi connectivity index (χ1) is 9.81. The molecule has 0 aliphatic heterocycles. The molecule has 1 aromatic rings. The highest BCUT2D eigenvalue weighted by atomic mass is 16.6. The van der Waals surface area contributed by atoms with Gasteiger partial charge >= 0.3 is 5.69 Å². The van der Waals surface area contributed by atoms with E-state index in [-0.39, 0.29) is 22.9 Å². The van der Waals surface area contributed by atoms with Crippen molar-refractivity contribution in [3.05, 3.63) is 16.2 Å². The molecule has 0 fully saturated rings. The molecule has 9 nitrogen and oxygen atoms in total. The number of carbonyl (C=O) groups is 2. The van der Waals surface area contributed by atoms with Gasteiger partial charge in [0.15, 0.2) is 5.75 Å². The minimum absolute atomic E-state index is 0.0291. The third kappa shape index (κ3) is 3.59. The predicted octanol–water partition coefficient (Wildman–Crippen LogP) is 1.53. The molecule has 0 bridgehead atoms. The van der Waals surface area contributed by atoms with Crippen LogP contribution in [0.25, 0.3) is 0 Å². The summed E-state index contributed by atoms with van der Waals surface area (Å²) in [7, 11) is 2.51. The van der Waals surface area contributed by atoms with Crippen LogP contribution in [0, 0.1) is 10.1 Å². The fraction of sp³-hybridized carbons (Fsp3) is 0.333. The van der Waals surface area contributed by atoms with Crippen molar-refractivity contribution >= 4 is 28.9 Å². The number of anilines is 2. The highest BCUT2D eigenvalue weighted by molar-refractivity contribution is 6.03. The lowest BCUT2D eigenvalue weighted by Gasteiger charge is -2.17. The zero-order chi connectivity index (χ0) is 16.2. The highest BCUT2D eigenvalue weighted by Gasteiger charge is 2.27. The van der Waals surface area contributed by atoms with E-state index >= 15 is 0 Å². The molecule has 9 heteroatoms. The number of nitro benzene ring substituents is 1. The third-order valence-electron chi connectivity index (χ3n) is 2.45. The van der Waals surface area contributed by atoms with Gasteiger partial charge in [0.05, 0.1) is 25.2 Å². The predicted molar refractivity (Wildman–Crippen MR) is 74.8 cm³/mol. The Morgan fingerprint density at radius 3 is 2.00 bits per heavy atom. The maximum absolute atomic E-state index is 11.3. The van der Waals surface area contributed by atoms with Crippen molar-refractivity contribution in [2.45, 2.75) is 13.8 Å². The van der Waals surface area contributed by atoms with Gasteiger partial charge in [0.25, 0.3) is 0 Å².